The number of benzene rings is 2. The van der Waals surface area contributed by atoms with Crippen molar-refractivity contribution in [2.45, 2.75) is 220 Å². The average molecular weight is 792 g/mol. The summed E-state index contributed by atoms with van der Waals surface area (Å²) in [5.41, 5.74) is 6.13. The van der Waals surface area contributed by atoms with Crippen molar-refractivity contribution < 1.29 is 20.4 Å². The number of aryl methyl sites for hydroxylation is 2. The van der Waals surface area contributed by atoms with Crippen molar-refractivity contribution in [3.63, 3.8) is 0 Å². The van der Waals surface area contributed by atoms with Gasteiger partial charge in [-0.05, 0) is 61.1 Å². The molecule has 0 bridgehead atoms. The van der Waals surface area contributed by atoms with Gasteiger partial charge in [-0.15, -0.1) is 0 Å². The van der Waals surface area contributed by atoms with Crippen LogP contribution in [0, 0.1) is 0 Å². The monoisotopic (exact) mass is 791 g/mol. The first-order valence-electron chi connectivity index (χ1n) is 22.0. The van der Waals surface area contributed by atoms with E-state index in [1.165, 1.54) is 191 Å². The van der Waals surface area contributed by atoms with Gasteiger partial charge < -0.3 is 0 Å². The smallest absolute Gasteiger partial charge is 0.0636 e. The molecule has 2 rings (SSSR count). The number of nitrogens with zero attached hydrogens (tertiary/aromatic N) is 2. The van der Waals surface area contributed by atoms with Crippen molar-refractivity contribution >= 4 is 23.3 Å². The van der Waals surface area contributed by atoms with Gasteiger partial charge in [-0.2, -0.15) is 0 Å². The number of hydrogen-bond donors (Lipinski definition) is 0. The summed E-state index contributed by atoms with van der Waals surface area (Å²) >= 11 is 0. The summed E-state index contributed by atoms with van der Waals surface area (Å²) in [4.78, 5) is 9.88. The maximum absolute atomic E-state index is 5.12. The minimum absolute atomic E-state index is 0. The number of unbranched alkanes of at least 4 members (excludes halogenated alkanes) is 25. The Morgan fingerprint density at radius 1 is 0.431 bits per heavy atom. The van der Waals surface area contributed by atoms with E-state index in [9.17, 15) is 0 Å². The molecular formula is C48H80N2Pd. The Kier molecular flexibility index (Phi) is 33.0. The molecule has 292 valence electrons. The molecule has 0 N–H and O–H groups in total. The Hall–Kier alpha value is -1.56. The zero-order valence-corrected chi connectivity index (χ0v) is 35.4. The Bertz CT molecular complexity index is 1090. The number of rotatable bonds is 34. The van der Waals surface area contributed by atoms with Crippen molar-refractivity contribution in [1.29, 1.82) is 0 Å². The van der Waals surface area contributed by atoms with Crippen molar-refractivity contribution in [2.75, 3.05) is 0 Å². The Labute approximate surface area is 331 Å². The quantitative estimate of drug-likeness (QED) is 0.0383. The molecule has 2 nitrogen and oxygen atoms in total. The van der Waals surface area contributed by atoms with Crippen molar-refractivity contribution in [1.82, 2.24) is 0 Å². The SMILES string of the molecule is CCCCCCCCCCCCCCCCCCCCCCCCCCCCC(/C=N/c1ccccc1)=N\c1ccc(CCC)c(CCC)c1.[Pd]. The van der Waals surface area contributed by atoms with Crippen LogP contribution < -0.4 is 0 Å². The first kappa shape index (κ1) is 47.5. The van der Waals surface area contributed by atoms with Crippen molar-refractivity contribution in [3.8, 4) is 0 Å². The van der Waals surface area contributed by atoms with E-state index in [4.69, 9.17) is 9.98 Å². The van der Waals surface area contributed by atoms with Gasteiger partial charge in [0.15, 0.2) is 0 Å². The molecule has 0 amide bonds. The van der Waals surface area contributed by atoms with E-state index in [0.29, 0.717) is 0 Å². The summed E-state index contributed by atoms with van der Waals surface area (Å²) in [5.74, 6) is 0. The molecule has 0 aliphatic heterocycles. The van der Waals surface area contributed by atoms with E-state index in [-0.39, 0.29) is 20.4 Å². The molecule has 0 saturated heterocycles. The molecule has 0 aromatic heterocycles. The van der Waals surface area contributed by atoms with E-state index >= 15 is 0 Å². The van der Waals surface area contributed by atoms with E-state index in [0.717, 1.165) is 36.3 Å². The second-order valence-electron chi connectivity index (χ2n) is 15.2. The molecule has 0 fully saturated rings. The van der Waals surface area contributed by atoms with E-state index in [2.05, 4.69) is 63.2 Å². The fourth-order valence-corrected chi connectivity index (χ4v) is 7.30. The van der Waals surface area contributed by atoms with Crippen LogP contribution in [-0.4, -0.2) is 11.9 Å². The van der Waals surface area contributed by atoms with Crippen LogP contribution >= 0.6 is 0 Å². The van der Waals surface area contributed by atoms with Crippen molar-refractivity contribution in [3.05, 3.63) is 59.7 Å². The summed E-state index contributed by atoms with van der Waals surface area (Å²) in [6.45, 7) is 6.84. The normalized spacial score (nSPS) is 11.8. The maximum Gasteiger partial charge on any atom is 0.0636 e. The van der Waals surface area contributed by atoms with Gasteiger partial charge in [-0.3, -0.25) is 9.98 Å². The Balaban J connectivity index is 0.0000130. The first-order chi connectivity index (χ1) is 24.8. The van der Waals surface area contributed by atoms with Crippen LogP contribution in [0.25, 0.3) is 0 Å². The molecule has 3 heteroatoms. The largest absolute Gasteiger partial charge is 0.255 e. The van der Waals surface area contributed by atoms with Gasteiger partial charge in [-0.25, -0.2) is 0 Å². The van der Waals surface area contributed by atoms with Crippen LogP contribution in [0.5, 0.6) is 0 Å². The molecule has 0 saturated carbocycles. The van der Waals surface area contributed by atoms with Gasteiger partial charge in [0.25, 0.3) is 0 Å². The maximum atomic E-state index is 5.12. The fraction of sp³-hybridized carbons (Fsp3) is 0.708. The minimum Gasteiger partial charge on any atom is -0.255 e. The van der Waals surface area contributed by atoms with Crippen molar-refractivity contribution in [2.24, 2.45) is 9.98 Å². The third-order valence-electron chi connectivity index (χ3n) is 10.4. The summed E-state index contributed by atoms with van der Waals surface area (Å²) in [5, 5.41) is 0. The Morgan fingerprint density at radius 2 is 0.843 bits per heavy atom. The summed E-state index contributed by atoms with van der Waals surface area (Å²) in [7, 11) is 0. The number of aliphatic imine (C=N–C) groups is 2. The Morgan fingerprint density at radius 3 is 1.27 bits per heavy atom. The van der Waals surface area contributed by atoms with E-state index in [1.54, 1.807) is 0 Å². The van der Waals surface area contributed by atoms with Gasteiger partial charge in [0, 0.05) is 26.6 Å². The van der Waals surface area contributed by atoms with Crippen LogP contribution in [0.4, 0.5) is 11.4 Å². The molecule has 0 aliphatic rings. The second-order valence-corrected chi connectivity index (χ2v) is 15.2. The summed E-state index contributed by atoms with van der Waals surface area (Å²) in [6, 6.07) is 17.1. The van der Waals surface area contributed by atoms with Gasteiger partial charge in [-0.1, -0.05) is 218 Å². The zero-order valence-electron chi connectivity index (χ0n) is 33.8. The van der Waals surface area contributed by atoms with Gasteiger partial charge >= 0.3 is 0 Å². The fourth-order valence-electron chi connectivity index (χ4n) is 7.30. The molecular weight excluding hydrogens is 711 g/mol. The molecule has 51 heavy (non-hydrogen) atoms. The summed E-state index contributed by atoms with van der Waals surface area (Å²) < 4.78 is 0. The molecule has 0 spiro atoms. The number of hydrogen-bond acceptors (Lipinski definition) is 2. The van der Waals surface area contributed by atoms with Crippen LogP contribution in [0.1, 0.15) is 218 Å². The molecule has 0 radical (unpaired) electrons. The molecule has 2 aromatic carbocycles. The minimum atomic E-state index is 0. The number of para-hydroxylation sites is 1. The topological polar surface area (TPSA) is 24.7 Å². The third-order valence-corrected chi connectivity index (χ3v) is 10.4. The zero-order chi connectivity index (χ0) is 35.6. The van der Waals surface area contributed by atoms with Crippen LogP contribution in [0.2, 0.25) is 0 Å². The van der Waals surface area contributed by atoms with Crippen LogP contribution in [-0.2, 0) is 33.3 Å². The second kappa shape index (κ2) is 35.5. The first-order valence-corrected chi connectivity index (χ1v) is 22.0. The van der Waals surface area contributed by atoms with Crippen LogP contribution in [0.15, 0.2) is 58.5 Å². The van der Waals surface area contributed by atoms with Gasteiger partial charge in [0.2, 0.25) is 0 Å². The molecule has 0 heterocycles. The molecule has 0 unspecified atom stereocenters. The standard InChI is InChI=1S/C48H80N2.Pd/c1-4-7-8-9-10-11-12-13-14-15-16-17-18-19-20-21-22-23-24-25-26-27-28-29-30-32-39-48(43-49-46-37-33-31-34-38-46)50-47-41-40-44(35-5-2)45(42-47)36-6-3;/h31,33-34,37-38,40-43H,4-30,32,35-36,39H2,1-3H3;/b49-43+,50-48+;. The predicted octanol–water partition coefficient (Wildman–Crippen LogP) is 16.6. The molecule has 0 aliphatic carbocycles. The van der Waals surface area contributed by atoms with Gasteiger partial charge in [0.1, 0.15) is 0 Å². The van der Waals surface area contributed by atoms with E-state index < -0.39 is 0 Å². The van der Waals surface area contributed by atoms with Gasteiger partial charge in [0.05, 0.1) is 17.1 Å². The van der Waals surface area contributed by atoms with E-state index in [1.807, 2.05) is 12.3 Å². The van der Waals surface area contributed by atoms with Crippen LogP contribution in [0.3, 0.4) is 0 Å². The third kappa shape index (κ3) is 26.8. The average Bonchev–Trinajstić information content (AvgIpc) is 3.13. The molecule has 2 aromatic rings. The molecule has 0 atom stereocenters. The summed E-state index contributed by atoms with van der Waals surface area (Å²) in [6.07, 6.45) is 44.9. The predicted molar refractivity (Wildman–Crippen MR) is 226 cm³/mol.